The first-order valence-electron chi connectivity index (χ1n) is 12.9. The highest BCUT2D eigenvalue weighted by atomic mass is 32.1. The predicted octanol–water partition coefficient (Wildman–Crippen LogP) is 5.71. The first-order valence-corrected chi connectivity index (χ1v) is 13.7. The maximum Gasteiger partial charge on any atom is 0.393 e. The van der Waals surface area contributed by atoms with Gasteiger partial charge in [0.05, 0.1) is 30.6 Å². The summed E-state index contributed by atoms with van der Waals surface area (Å²) >= 11 is 1.07. The number of benzene rings is 1. The van der Waals surface area contributed by atoms with Gasteiger partial charge in [-0.2, -0.15) is 18.4 Å². The molecule has 0 aliphatic carbocycles. The Labute approximate surface area is 227 Å². The zero-order valence-electron chi connectivity index (χ0n) is 21.1. The molecule has 0 unspecified atom stereocenters. The van der Waals surface area contributed by atoms with Gasteiger partial charge in [-0.25, -0.2) is 9.97 Å². The molecule has 5 heterocycles. The third-order valence-electron chi connectivity index (χ3n) is 7.20. The second-order valence-corrected chi connectivity index (χ2v) is 11.1. The number of nitriles is 1. The minimum absolute atomic E-state index is 0.188. The van der Waals surface area contributed by atoms with Crippen LogP contribution in [0.5, 0.6) is 0 Å². The van der Waals surface area contributed by atoms with E-state index in [0.29, 0.717) is 34.8 Å². The van der Waals surface area contributed by atoms with Gasteiger partial charge in [0, 0.05) is 41.5 Å². The Bertz CT molecular complexity index is 1620. The fraction of sp³-hybridized carbons (Fsp3) is 0.357. The number of allylic oxidation sites excluding steroid dienone is 1. The average Bonchev–Trinajstić information content (AvgIpc) is 3.64. The predicted molar refractivity (Wildman–Crippen MR) is 147 cm³/mol. The van der Waals surface area contributed by atoms with Gasteiger partial charge in [0.25, 0.3) is 0 Å². The Balaban J connectivity index is 1.09. The van der Waals surface area contributed by atoms with Crippen molar-refractivity contribution in [1.82, 2.24) is 19.4 Å². The van der Waals surface area contributed by atoms with Gasteiger partial charge in [0.1, 0.15) is 28.7 Å². The number of piperidine rings is 1. The van der Waals surface area contributed by atoms with Crippen molar-refractivity contribution in [3.05, 3.63) is 64.9 Å². The Morgan fingerprint density at radius 1 is 1.10 bits per heavy atom. The van der Waals surface area contributed by atoms with E-state index < -0.39 is 12.6 Å². The van der Waals surface area contributed by atoms with Gasteiger partial charge >= 0.3 is 6.18 Å². The number of alkyl halides is 3. The van der Waals surface area contributed by atoms with Gasteiger partial charge in [-0.3, -0.25) is 9.89 Å². The molecule has 2 aliphatic rings. The van der Waals surface area contributed by atoms with E-state index in [9.17, 15) is 18.4 Å². The second-order valence-electron chi connectivity index (χ2n) is 10.00. The van der Waals surface area contributed by atoms with Gasteiger partial charge in [-0.05, 0) is 48.7 Å². The number of anilines is 1. The fourth-order valence-electron chi connectivity index (χ4n) is 5.35. The lowest BCUT2D eigenvalue weighted by molar-refractivity contribution is -0.126. The van der Waals surface area contributed by atoms with E-state index >= 15 is 0 Å². The van der Waals surface area contributed by atoms with Crippen molar-refractivity contribution in [2.24, 2.45) is 4.99 Å². The fourth-order valence-corrected chi connectivity index (χ4v) is 6.38. The molecule has 200 valence electrons. The minimum Gasteiger partial charge on any atom is -0.367 e. The van der Waals surface area contributed by atoms with Crippen LogP contribution in [0.1, 0.15) is 29.0 Å². The van der Waals surface area contributed by atoms with E-state index in [1.54, 1.807) is 6.07 Å². The third-order valence-corrected chi connectivity index (χ3v) is 8.24. The van der Waals surface area contributed by atoms with Gasteiger partial charge in [0.15, 0.2) is 0 Å². The summed E-state index contributed by atoms with van der Waals surface area (Å²) in [5.74, 6) is 0.602. The molecule has 2 aliphatic heterocycles. The summed E-state index contributed by atoms with van der Waals surface area (Å²) in [6.07, 6.45) is 2.05. The molecule has 1 aromatic carbocycles. The van der Waals surface area contributed by atoms with Crippen LogP contribution in [0.3, 0.4) is 0 Å². The lowest BCUT2D eigenvalue weighted by Gasteiger charge is -2.32. The second kappa shape index (κ2) is 10.4. The number of halogens is 3. The molecular weight excluding hydrogens is 523 g/mol. The molecule has 6 rings (SSSR count). The van der Waals surface area contributed by atoms with Crippen LogP contribution in [0.2, 0.25) is 0 Å². The highest BCUT2D eigenvalue weighted by Gasteiger charge is 2.29. The van der Waals surface area contributed by atoms with Crippen LogP contribution in [-0.2, 0) is 19.5 Å². The number of likely N-dealkylation sites (tertiary alicyclic amines) is 1. The lowest BCUT2D eigenvalue weighted by atomic mass is 10.0. The van der Waals surface area contributed by atoms with Crippen LogP contribution >= 0.6 is 11.3 Å². The van der Waals surface area contributed by atoms with Crippen molar-refractivity contribution < 1.29 is 13.2 Å². The summed E-state index contributed by atoms with van der Waals surface area (Å²) in [5.41, 5.74) is 3.84. The summed E-state index contributed by atoms with van der Waals surface area (Å²) in [7, 11) is 0. The van der Waals surface area contributed by atoms with Crippen molar-refractivity contribution in [1.29, 1.82) is 5.26 Å². The molecule has 1 saturated heterocycles. The van der Waals surface area contributed by atoms with Crippen molar-refractivity contribution in [3.63, 3.8) is 0 Å². The molecule has 0 bridgehead atoms. The number of nitrogens with zero attached hydrogens (tertiary/aromatic N) is 6. The number of nitrogens with one attached hydrogen (secondary N) is 1. The van der Waals surface area contributed by atoms with E-state index in [2.05, 4.69) is 49.4 Å². The number of thiophene rings is 1. The van der Waals surface area contributed by atoms with Crippen LogP contribution in [0.25, 0.3) is 21.1 Å². The molecule has 39 heavy (non-hydrogen) atoms. The number of hydrogen-bond acceptors (Lipinski definition) is 7. The lowest BCUT2D eigenvalue weighted by Crippen LogP contribution is -2.38. The van der Waals surface area contributed by atoms with Gasteiger partial charge in [-0.15, -0.1) is 11.3 Å². The minimum atomic E-state index is -4.25. The van der Waals surface area contributed by atoms with Crippen molar-refractivity contribution >= 4 is 44.0 Å². The molecular formula is C28H26F3N7S. The number of rotatable bonds is 7. The van der Waals surface area contributed by atoms with Crippen LogP contribution in [0, 0.1) is 11.3 Å². The maximum absolute atomic E-state index is 12.9. The number of fused-ring (bicyclic) bond motifs is 2. The third kappa shape index (κ3) is 5.67. The Hall–Kier alpha value is -3.75. The zero-order valence-corrected chi connectivity index (χ0v) is 21.9. The quantitative estimate of drug-likeness (QED) is 0.319. The molecule has 1 N–H and O–H groups in total. The normalized spacial score (nSPS) is 16.7. The van der Waals surface area contributed by atoms with E-state index in [1.165, 1.54) is 11.9 Å². The molecule has 1 fully saturated rings. The highest BCUT2D eigenvalue weighted by molar-refractivity contribution is 7.18. The molecule has 7 nitrogen and oxygen atoms in total. The molecule has 0 atom stereocenters. The molecule has 0 radical (unpaired) electrons. The average molecular weight is 550 g/mol. The molecule has 4 aromatic rings. The molecule has 3 aromatic heterocycles. The Morgan fingerprint density at radius 3 is 2.69 bits per heavy atom. The van der Waals surface area contributed by atoms with Crippen molar-refractivity contribution in [2.75, 3.05) is 25.0 Å². The molecule has 0 amide bonds. The molecule has 0 spiro atoms. The van der Waals surface area contributed by atoms with Gasteiger partial charge < -0.3 is 9.88 Å². The number of hydrogen-bond donors (Lipinski definition) is 1. The summed E-state index contributed by atoms with van der Waals surface area (Å²) in [6.45, 7) is 3.89. The number of aliphatic imine (C=N–C) groups is 1. The Morgan fingerprint density at radius 2 is 1.95 bits per heavy atom. The summed E-state index contributed by atoms with van der Waals surface area (Å²) in [5, 5.41) is 14.8. The van der Waals surface area contributed by atoms with Crippen LogP contribution in [0.15, 0.2) is 53.8 Å². The maximum atomic E-state index is 12.9. The topological polar surface area (TPSA) is 82.1 Å². The van der Waals surface area contributed by atoms with Gasteiger partial charge in [-0.1, -0.05) is 12.1 Å². The van der Waals surface area contributed by atoms with E-state index in [-0.39, 0.29) is 10.9 Å². The van der Waals surface area contributed by atoms with Crippen LogP contribution < -0.4 is 5.32 Å². The van der Waals surface area contributed by atoms with Crippen LogP contribution in [-0.4, -0.2) is 57.0 Å². The summed E-state index contributed by atoms with van der Waals surface area (Å²) < 4.78 is 40.6. The van der Waals surface area contributed by atoms with Crippen molar-refractivity contribution in [2.45, 2.75) is 44.6 Å². The summed E-state index contributed by atoms with van der Waals surface area (Å²) in [6, 6.07) is 12.4. The molecule has 0 saturated carbocycles. The first-order chi connectivity index (χ1) is 18.8. The first kappa shape index (κ1) is 25.5. The number of aromatic nitrogens is 3. The van der Waals surface area contributed by atoms with Crippen LogP contribution in [0.4, 0.5) is 19.0 Å². The summed E-state index contributed by atoms with van der Waals surface area (Å²) in [4.78, 5) is 16.2. The smallest absolute Gasteiger partial charge is 0.367 e. The van der Waals surface area contributed by atoms with Gasteiger partial charge in [0.2, 0.25) is 0 Å². The standard InChI is InChI=1S/C28H26F3N7S/c29-28(30,31)13-23-12-24-26(34-17-35-27(24)39-23)36-20-5-8-37(9-6-20)15-18-3-4-25-19(10-18)11-22(14-32)38(25)16-21-2-1-7-33-21/h1-4,10-12,17,20H,5-9,13,15-16H2,(H,34,35,36). The highest BCUT2D eigenvalue weighted by Crippen LogP contribution is 2.33. The molecule has 11 heteroatoms. The van der Waals surface area contributed by atoms with E-state index in [1.807, 2.05) is 22.8 Å². The monoisotopic (exact) mass is 549 g/mol. The SMILES string of the molecule is N#Cc1cc2cc(CN3CCC(Nc4ncnc5sc(CC(F)(F)F)cc45)CC3)ccc2n1CC1=NCC=C1. The van der Waals surface area contributed by atoms with E-state index in [4.69, 9.17) is 0 Å². The largest absolute Gasteiger partial charge is 0.393 e. The zero-order chi connectivity index (χ0) is 27.0. The van der Waals surface area contributed by atoms with Crippen molar-refractivity contribution in [3.8, 4) is 6.07 Å². The van der Waals surface area contributed by atoms with E-state index in [0.717, 1.165) is 60.4 Å². The Kier molecular flexibility index (Phi) is 6.83.